The highest BCUT2D eigenvalue weighted by Gasteiger charge is 2.08. The topological polar surface area (TPSA) is 78.3 Å². The first kappa shape index (κ1) is 11.0. The van der Waals surface area contributed by atoms with Gasteiger partial charge in [0, 0.05) is 34.3 Å². The molecule has 4 heteroatoms. The summed E-state index contributed by atoms with van der Waals surface area (Å²) >= 11 is 0. The van der Waals surface area contributed by atoms with E-state index in [2.05, 4.69) is 6.58 Å². The minimum absolute atomic E-state index is 0.386. The number of benzene rings is 2. The summed E-state index contributed by atoms with van der Waals surface area (Å²) in [4.78, 5) is 11.2. The molecule has 4 N–H and O–H groups in total. The van der Waals surface area contributed by atoms with E-state index in [1.54, 1.807) is 24.3 Å². The Kier molecular flexibility index (Phi) is 2.70. The summed E-state index contributed by atoms with van der Waals surface area (Å²) in [6.07, 6.45) is 1.10. The van der Waals surface area contributed by atoms with Gasteiger partial charge in [0.15, 0.2) is 0 Å². The van der Waals surface area contributed by atoms with Crippen molar-refractivity contribution in [1.82, 2.24) is 0 Å². The zero-order valence-electron chi connectivity index (χ0n) is 9.14. The number of nitrogens with two attached hydrogens (primary N) is 2. The standard InChI is InChI=1S/C13H12N2O2/c1-2-13(16)17-12-7-8(14)6-10-9(12)4-3-5-11(10)15/h2-7H,1,14-15H2. The van der Waals surface area contributed by atoms with Crippen LogP contribution in [0.1, 0.15) is 0 Å². The average molecular weight is 228 g/mol. The van der Waals surface area contributed by atoms with Crippen molar-refractivity contribution >= 4 is 28.1 Å². The highest BCUT2D eigenvalue weighted by Crippen LogP contribution is 2.32. The van der Waals surface area contributed by atoms with E-state index in [0.717, 1.165) is 16.8 Å². The highest BCUT2D eigenvalue weighted by atomic mass is 16.5. The Hall–Kier alpha value is -2.49. The smallest absolute Gasteiger partial charge is 0.335 e. The van der Waals surface area contributed by atoms with Gasteiger partial charge in [0.2, 0.25) is 0 Å². The number of carbonyl (C=O) groups excluding carboxylic acids is 1. The van der Waals surface area contributed by atoms with Gasteiger partial charge in [0.25, 0.3) is 0 Å². The summed E-state index contributed by atoms with van der Waals surface area (Å²) in [6.45, 7) is 3.35. The Bertz CT molecular complexity index is 606. The highest BCUT2D eigenvalue weighted by molar-refractivity contribution is 6.00. The lowest BCUT2D eigenvalue weighted by molar-refractivity contribution is -0.128. The maximum absolute atomic E-state index is 11.2. The van der Waals surface area contributed by atoms with E-state index < -0.39 is 5.97 Å². The van der Waals surface area contributed by atoms with E-state index >= 15 is 0 Å². The Morgan fingerprint density at radius 3 is 2.71 bits per heavy atom. The third-order valence-electron chi connectivity index (χ3n) is 2.39. The van der Waals surface area contributed by atoms with Crippen LogP contribution in [-0.2, 0) is 4.79 Å². The lowest BCUT2D eigenvalue weighted by atomic mass is 10.1. The second-order valence-electron chi connectivity index (χ2n) is 3.59. The first-order valence-electron chi connectivity index (χ1n) is 5.04. The monoisotopic (exact) mass is 228 g/mol. The maximum Gasteiger partial charge on any atom is 0.335 e. The zero-order valence-corrected chi connectivity index (χ0v) is 9.14. The summed E-state index contributed by atoms with van der Waals surface area (Å²) in [5.74, 6) is -0.142. The number of nitrogen functional groups attached to an aromatic ring is 2. The van der Waals surface area contributed by atoms with Crippen molar-refractivity contribution in [2.45, 2.75) is 0 Å². The molecule has 2 rings (SSSR count). The van der Waals surface area contributed by atoms with E-state index in [1.165, 1.54) is 0 Å². The van der Waals surface area contributed by atoms with Gasteiger partial charge in [-0.15, -0.1) is 0 Å². The fourth-order valence-corrected chi connectivity index (χ4v) is 1.63. The summed E-state index contributed by atoms with van der Waals surface area (Å²) in [5.41, 5.74) is 12.7. The van der Waals surface area contributed by atoms with Gasteiger partial charge in [-0.1, -0.05) is 18.7 Å². The second kappa shape index (κ2) is 4.17. The molecule has 0 radical (unpaired) electrons. The molecule has 0 unspecified atom stereocenters. The van der Waals surface area contributed by atoms with Crippen LogP contribution in [0.15, 0.2) is 43.0 Å². The molecule has 0 atom stereocenters. The summed E-state index contributed by atoms with van der Waals surface area (Å²) < 4.78 is 5.12. The minimum atomic E-state index is -0.528. The fourth-order valence-electron chi connectivity index (χ4n) is 1.63. The van der Waals surface area contributed by atoms with Gasteiger partial charge >= 0.3 is 5.97 Å². The number of ether oxygens (including phenoxy) is 1. The first-order chi connectivity index (χ1) is 8.11. The molecule has 0 fully saturated rings. The van der Waals surface area contributed by atoms with Gasteiger partial charge in [-0.3, -0.25) is 0 Å². The lowest BCUT2D eigenvalue weighted by Gasteiger charge is -2.09. The van der Waals surface area contributed by atoms with Crippen LogP contribution in [0.2, 0.25) is 0 Å². The van der Waals surface area contributed by atoms with Crippen LogP contribution in [-0.4, -0.2) is 5.97 Å². The van der Waals surface area contributed by atoms with Crippen molar-refractivity contribution < 1.29 is 9.53 Å². The molecule has 0 heterocycles. The van der Waals surface area contributed by atoms with Gasteiger partial charge in [0.05, 0.1) is 0 Å². The molecule has 4 nitrogen and oxygen atoms in total. The molecule has 0 saturated carbocycles. The van der Waals surface area contributed by atoms with Crippen molar-refractivity contribution in [1.29, 1.82) is 0 Å². The van der Waals surface area contributed by atoms with Gasteiger partial charge in [-0.2, -0.15) is 0 Å². The molecule has 2 aromatic carbocycles. The van der Waals surface area contributed by atoms with Crippen LogP contribution < -0.4 is 16.2 Å². The number of rotatable bonds is 2. The molecular weight excluding hydrogens is 216 g/mol. The number of fused-ring (bicyclic) bond motifs is 1. The van der Waals surface area contributed by atoms with Crippen LogP contribution in [0, 0.1) is 0 Å². The number of esters is 1. The molecule has 2 aromatic rings. The van der Waals surface area contributed by atoms with E-state index in [-0.39, 0.29) is 0 Å². The number of carbonyl (C=O) groups is 1. The van der Waals surface area contributed by atoms with Gasteiger partial charge in [0.1, 0.15) is 5.75 Å². The predicted octanol–water partition coefficient (Wildman–Crippen LogP) is 2.10. The van der Waals surface area contributed by atoms with Crippen LogP contribution >= 0.6 is 0 Å². The fraction of sp³-hybridized carbons (Fsp3) is 0. The van der Waals surface area contributed by atoms with Gasteiger partial charge < -0.3 is 16.2 Å². The Morgan fingerprint density at radius 2 is 2.00 bits per heavy atom. The van der Waals surface area contributed by atoms with Crippen LogP contribution in [0.25, 0.3) is 10.8 Å². The minimum Gasteiger partial charge on any atom is -0.423 e. The molecule has 0 aliphatic carbocycles. The molecule has 0 bridgehead atoms. The summed E-state index contributed by atoms with van der Waals surface area (Å²) in [7, 11) is 0. The van der Waals surface area contributed by atoms with E-state index in [1.807, 2.05) is 6.07 Å². The molecule has 0 aliphatic heterocycles. The van der Waals surface area contributed by atoms with Crippen molar-refractivity contribution in [2.75, 3.05) is 11.5 Å². The van der Waals surface area contributed by atoms with E-state index in [4.69, 9.17) is 16.2 Å². The Balaban J connectivity index is 2.65. The Labute approximate surface area is 98.5 Å². The largest absolute Gasteiger partial charge is 0.423 e. The van der Waals surface area contributed by atoms with Gasteiger partial charge in [-0.25, -0.2) is 4.79 Å². The molecule has 0 saturated heterocycles. The maximum atomic E-state index is 11.2. The Morgan fingerprint density at radius 1 is 1.24 bits per heavy atom. The van der Waals surface area contributed by atoms with Crippen LogP contribution in [0.5, 0.6) is 5.75 Å². The quantitative estimate of drug-likeness (QED) is 0.357. The molecule has 0 aromatic heterocycles. The molecule has 17 heavy (non-hydrogen) atoms. The number of anilines is 2. The first-order valence-corrected chi connectivity index (χ1v) is 5.04. The number of hydrogen-bond donors (Lipinski definition) is 2. The number of hydrogen-bond acceptors (Lipinski definition) is 4. The normalized spacial score (nSPS) is 10.1. The molecule has 0 amide bonds. The third-order valence-corrected chi connectivity index (χ3v) is 2.39. The average Bonchev–Trinajstić information content (AvgIpc) is 2.30. The van der Waals surface area contributed by atoms with Crippen molar-refractivity contribution in [2.24, 2.45) is 0 Å². The van der Waals surface area contributed by atoms with Crippen LogP contribution in [0.3, 0.4) is 0 Å². The molecule has 0 spiro atoms. The molecule has 86 valence electrons. The molecular formula is C13H12N2O2. The predicted molar refractivity (Wildman–Crippen MR) is 68.6 cm³/mol. The summed E-state index contributed by atoms with van der Waals surface area (Å²) in [5, 5.41) is 1.51. The van der Waals surface area contributed by atoms with Crippen molar-refractivity contribution in [3.63, 3.8) is 0 Å². The summed E-state index contributed by atoms with van der Waals surface area (Å²) in [6, 6.07) is 8.70. The van der Waals surface area contributed by atoms with E-state index in [0.29, 0.717) is 17.1 Å². The van der Waals surface area contributed by atoms with E-state index in [9.17, 15) is 4.79 Å². The molecule has 0 aliphatic rings. The van der Waals surface area contributed by atoms with Crippen molar-refractivity contribution in [3.05, 3.63) is 43.0 Å². The van der Waals surface area contributed by atoms with Crippen LogP contribution in [0.4, 0.5) is 11.4 Å². The SMILES string of the molecule is C=CC(=O)Oc1cc(N)cc2c(N)cccc12. The van der Waals surface area contributed by atoms with Crippen molar-refractivity contribution in [3.8, 4) is 5.75 Å². The second-order valence-corrected chi connectivity index (χ2v) is 3.59. The third kappa shape index (κ3) is 2.06. The zero-order chi connectivity index (χ0) is 12.4. The lowest BCUT2D eigenvalue weighted by Crippen LogP contribution is -2.04. The van der Waals surface area contributed by atoms with Gasteiger partial charge in [-0.05, 0) is 12.1 Å².